The molecule has 2 aromatic carbocycles. The molecule has 0 bridgehead atoms. The Labute approximate surface area is 135 Å². The van der Waals surface area contributed by atoms with Crippen LogP contribution in [0.5, 0.6) is 0 Å². The van der Waals surface area contributed by atoms with Crippen LogP contribution in [0.25, 0.3) is 0 Å². The number of rotatable bonds is 6. The van der Waals surface area contributed by atoms with Gasteiger partial charge in [-0.3, -0.25) is 4.79 Å². The summed E-state index contributed by atoms with van der Waals surface area (Å²) in [6.45, 7) is 2.84. The van der Waals surface area contributed by atoms with E-state index in [1.165, 1.54) is 0 Å². The molecule has 0 aliphatic rings. The predicted octanol–water partition coefficient (Wildman–Crippen LogP) is 2.65. The van der Waals surface area contributed by atoms with Crippen molar-refractivity contribution in [3.05, 3.63) is 71.3 Å². The first-order valence-electron chi connectivity index (χ1n) is 7.44. The molecule has 2 amide bonds. The van der Waals surface area contributed by atoms with Gasteiger partial charge in [-0.2, -0.15) is 0 Å². The van der Waals surface area contributed by atoms with Crippen LogP contribution >= 0.6 is 0 Å². The second-order valence-corrected chi connectivity index (χ2v) is 5.11. The number of hydrogen-bond donors (Lipinski definition) is 2. The van der Waals surface area contributed by atoms with Crippen molar-refractivity contribution in [2.24, 2.45) is 0 Å². The second-order valence-electron chi connectivity index (χ2n) is 5.11. The molecule has 0 saturated carbocycles. The number of benzene rings is 2. The maximum Gasteiger partial charge on any atom is 0.407 e. The second kappa shape index (κ2) is 8.58. The lowest BCUT2D eigenvalue weighted by Crippen LogP contribution is -2.34. The minimum absolute atomic E-state index is 0.163. The number of carbonyl (C=O) groups excluding carboxylic acids is 2. The summed E-state index contributed by atoms with van der Waals surface area (Å²) in [4.78, 5) is 23.4. The molecule has 5 heteroatoms. The Balaban J connectivity index is 1.62. The average molecular weight is 312 g/mol. The van der Waals surface area contributed by atoms with Crippen molar-refractivity contribution >= 4 is 12.0 Å². The molecule has 2 rings (SSSR count). The van der Waals surface area contributed by atoms with Crippen LogP contribution in [-0.4, -0.2) is 25.1 Å². The van der Waals surface area contributed by atoms with Gasteiger partial charge in [0, 0.05) is 18.7 Å². The Morgan fingerprint density at radius 3 is 2.26 bits per heavy atom. The standard InChI is InChI=1S/C18H20N2O3/c1-14-7-9-16(10-8-14)17(21)19-11-12-20-18(22)23-13-15-5-3-2-4-6-15/h2-10H,11-13H2,1H3,(H,19,21)(H,20,22). The molecule has 0 unspecified atom stereocenters. The van der Waals surface area contributed by atoms with E-state index in [9.17, 15) is 9.59 Å². The van der Waals surface area contributed by atoms with Crippen molar-refractivity contribution in [1.82, 2.24) is 10.6 Å². The van der Waals surface area contributed by atoms with Crippen molar-refractivity contribution in [2.45, 2.75) is 13.5 Å². The van der Waals surface area contributed by atoms with Crippen LogP contribution in [0.1, 0.15) is 21.5 Å². The maximum atomic E-state index is 11.9. The highest BCUT2D eigenvalue weighted by molar-refractivity contribution is 5.94. The van der Waals surface area contributed by atoms with Gasteiger partial charge < -0.3 is 15.4 Å². The smallest absolute Gasteiger partial charge is 0.407 e. The Kier molecular flexibility index (Phi) is 6.17. The van der Waals surface area contributed by atoms with Crippen molar-refractivity contribution in [3.8, 4) is 0 Å². The summed E-state index contributed by atoms with van der Waals surface area (Å²) in [5, 5.41) is 5.33. The zero-order valence-corrected chi connectivity index (χ0v) is 13.0. The van der Waals surface area contributed by atoms with Crippen LogP contribution in [0.2, 0.25) is 0 Å². The monoisotopic (exact) mass is 312 g/mol. The van der Waals surface area contributed by atoms with Crippen LogP contribution in [-0.2, 0) is 11.3 Å². The van der Waals surface area contributed by atoms with Gasteiger partial charge in [0.25, 0.3) is 5.91 Å². The minimum atomic E-state index is -0.501. The Morgan fingerprint density at radius 1 is 0.913 bits per heavy atom. The van der Waals surface area contributed by atoms with Crippen LogP contribution in [0.4, 0.5) is 4.79 Å². The van der Waals surface area contributed by atoms with Gasteiger partial charge in [0.1, 0.15) is 6.61 Å². The van der Waals surface area contributed by atoms with Gasteiger partial charge in [-0.25, -0.2) is 4.79 Å². The molecular formula is C18H20N2O3. The molecule has 120 valence electrons. The lowest BCUT2D eigenvalue weighted by atomic mass is 10.1. The SMILES string of the molecule is Cc1ccc(C(=O)NCCNC(=O)OCc2ccccc2)cc1. The zero-order chi connectivity index (χ0) is 16.5. The van der Waals surface area contributed by atoms with Crippen molar-refractivity contribution in [1.29, 1.82) is 0 Å². The molecule has 23 heavy (non-hydrogen) atoms. The Hall–Kier alpha value is -2.82. The van der Waals surface area contributed by atoms with Gasteiger partial charge in [0.15, 0.2) is 0 Å². The number of aryl methyl sites for hydroxylation is 1. The van der Waals surface area contributed by atoms with Gasteiger partial charge >= 0.3 is 6.09 Å². The minimum Gasteiger partial charge on any atom is -0.445 e. The van der Waals surface area contributed by atoms with Crippen molar-refractivity contribution in [2.75, 3.05) is 13.1 Å². The third kappa shape index (κ3) is 5.82. The molecule has 0 atom stereocenters. The number of nitrogens with one attached hydrogen (secondary N) is 2. The molecule has 0 spiro atoms. The molecular weight excluding hydrogens is 292 g/mol. The van der Waals surface area contributed by atoms with E-state index < -0.39 is 6.09 Å². The van der Waals surface area contributed by atoms with Gasteiger partial charge in [0.2, 0.25) is 0 Å². The highest BCUT2D eigenvalue weighted by atomic mass is 16.5. The van der Waals surface area contributed by atoms with E-state index in [1.807, 2.05) is 49.4 Å². The first-order chi connectivity index (χ1) is 11.1. The quantitative estimate of drug-likeness (QED) is 0.806. The molecule has 0 saturated heterocycles. The Bertz CT molecular complexity index is 639. The van der Waals surface area contributed by atoms with Crippen LogP contribution in [0.15, 0.2) is 54.6 Å². The zero-order valence-electron chi connectivity index (χ0n) is 13.0. The topological polar surface area (TPSA) is 67.4 Å². The fourth-order valence-corrected chi connectivity index (χ4v) is 1.92. The fraction of sp³-hybridized carbons (Fsp3) is 0.222. The number of ether oxygens (including phenoxy) is 1. The van der Waals surface area contributed by atoms with E-state index in [2.05, 4.69) is 10.6 Å². The third-order valence-electron chi connectivity index (χ3n) is 3.21. The van der Waals surface area contributed by atoms with Gasteiger partial charge in [-0.05, 0) is 24.6 Å². The number of carbonyl (C=O) groups is 2. The largest absolute Gasteiger partial charge is 0.445 e. The number of hydrogen-bond acceptors (Lipinski definition) is 3. The summed E-state index contributed by atoms with van der Waals surface area (Å²) in [6, 6.07) is 16.7. The summed E-state index contributed by atoms with van der Waals surface area (Å²) < 4.78 is 5.07. The van der Waals surface area contributed by atoms with Gasteiger partial charge in [-0.15, -0.1) is 0 Å². The Morgan fingerprint density at radius 2 is 1.57 bits per heavy atom. The van der Waals surface area contributed by atoms with Gasteiger partial charge in [-0.1, -0.05) is 48.0 Å². The first kappa shape index (κ1) is 16.5. The van der Waals surface area contributed by atoms with Crippen molar-refractivity contribution < 1.29 is 14.3 Å². The lowest BCUT2D eigenvalue weighted by Gasteiger charge is -2.08. The molecule has 0 aliphatic carbocycles. The fourth-order valence-electron chi connectivity index (χ4n) is 1.92. The summed E-state index contributed by atoms with van der Waals surface area (Å²) in [5.41, 5.74) is 2.63. The van der Waals surface area contributed by atoms with E-state index in [0.717, 1.165) is 11.1 Å². The molecule has 0 aromatic heterocycles. The summed E-state index contributed by atoms with van der Waals surface area (Å²) in [5.74, 6) is -0.163. The van der Waals surface area contributed by atoms with Crippen molar-refractivity contribution in [3.63, 3.8) is 0 Å². The summed E-state index contributed by atoms with van der Waals surface area (Å²) >= 11 is 0. The summed E-state index contributed by atoms with van der Waals surface area (Å²) in [7, 11) is 0. The van der Waals surface area contributed by atoms with E-state index in [0.29, 0.717) is 18.7 Å². The van der Waals surface area contributed by atoms with E-state index in [1.54, 1.807) is 12.1 Å². The molecule has 0 heterocycles. The average Bonchev–Trinajstić information content (AvgIpc) is 2.58. The van der Waals surface area contributed by atoms with E-state index in [4.69, 9.17) is 4.74 Å². The van der Waals surface area contributed by atoms with Crippen LogP contribution in [0.3, 0.4) is 0 Å². The highest BCUT2D eigenvalue weighted by Gasteiger charge is 2.05. The molecule has 0 fully saturated rings. The number of amides is 2. The molecule has 5 nitrogen and oxygen atoms in total. The highest BCUT2D eigenvalue weighted by Crippen LogP contribution is 2.02. The third-order valence-corrected chi connectivity index (χ3v) is 3.21. The molecule has 2 aromatic rings. The number of alkyl carbamates (subject to hydrolysis) is 1. The molecule has 2 N–H and O–H groups in total. The van der Waals surface area contributed by atoms with E-state index in [-0.39, 0.29) is 12.5 Å². The van der Waals surface area contributed by atoms with Gasteiger partial charge in [0.05, 0.1) is 0 Å². The normalized spacial score (nSPS) is 9.96. The lowest BCUT2D eigenvalue weighted by molar-refractivity contribution is 0.0951. The first-order valence-corrected chi connectivity index (χ1v) is 7.44. The van der Waals surface area contributed by atoms with E-state index >= 15 is 0 Å². The predicted molar refractivity (Wildman–Crippen MR) is 88.1 cm³/mol. The maximum absolute atomic E-state index is 11.9. The van der Waals surface area contributed by atoms with Crippen LogP contribution < -0.4 is 10.6 Å². The molecule has 0 radical (unpaired) electrons. The van der Waals surface area contributed by atoms with Crippen LogP contribution in [0, 0.1) is 6.92 Å². The summed E-state index contributed by atoms with van der Waals surface area (Å²) in [6.07, 6.45) is -0.501. The molecule has 0 aliphatic heterocycles.